The molecule has 0 radical (unpaired) electrons. The van der Waals surface area contributed by atoms with Crippen molar-refractivity contribution >= 4 is 58.1 Å². The minimum absolute atomic E-state index is 0.0717. The number of guanidine groups is 2. The second-order valence-corrected chi connectivity index (χ2v) is 25.6. The number of aliphatic hydroxyl groups excluding tert-OH is 13. The van der Waals surface area contributed by atoms with E-state index in [2.05, 4.69) is 47.5 Å². The van der Waals surface area contributed by atoms with Gasteiger partial charge in [-0.1, -0.05) is 79.7 Å². The number of aliphatic imine (C=N–C) groups is 1. The number of hydrogen-bond donors (Lipinski definition) is 23. The molecule has 6 aliphatic heterocycles. The van der Waals surface area contributed by atoms with Crippen molar-refractivity contribution in [1.29, 1.82) is 0 Å². The van der Waals surface area contributed by atoms with Gasteiger partial charge in [0.15, 0.2) is 19.0 Å². The first-order valence-electron chi connectivity index (χ1n) is 33.0. The third-order valence-corrected chi connectivity index (χ3v) is 18.7. The largest absolute Gasteiger partial charge is 0.468 e. The van der Waals surface area contributed by atoms with E-state index in [0.717, 1.165) is 15.3 Å². The molecule has 1 unspecified atom stereocenters. The van der Waals surface area contributed by atoms with Crippen LogP contribution >= 0.6 is 0 Å². The van der Waals surface area contributed by atoms with Crippen molar-refractivity contribution in [3.63, 3.8) is 0 Å². The third-order valence-electron chi connectivity index (χ3n) is 18.7. The predicted octanol–water partition coefficient (Wildman–Crippen LogP) is -11.1. The molecule has 6 heterocycles. The molecule has 4 aromatic rings. The highest BCUT2D eigenvalue weighted by atomic mass is 16.7. The Balaban J connectivity index is 0.890. The van der Waals surface area contributed by atoms with E-state index in [-0.39, 0.29) is 43.2 Å². The first kappa shape index (κ1) is 77.0. The molecule has 38 heteroatoms. The van der Waals surface area contributed by atoms with Crippen LogP contribution in [0.5, 0.6) is 11.5 Å². The molecule has 103 heavy (non-hydrogen) atoms. The maximum absolute atomic E-state index is 15.2. The quantitative estimate of drug-likeness (QED) is 0.0209. The lowest BCUT2D eigenvalue weighted by molar-refractivity contribution is -0.663. The molecule has 25 atom stereocenters. The van der Waals surface area contributed by atoms with Gasteiger partial charge in [-0.2, -0.15) is 0 Å². The number of nitrogens with two attached hydrogens (primary N) is 2. The zero-order valence-corrected chi connectivity index (χ0v) is 55.2. The van der Waals surface area contributed by atoms with Crippen LogP contribution in [-0.2, 0) is 58.9 Å². The zero-order valence-electron chi connectivity index (χ0n) is 55.2. The van der Waals surface area contributed by atoms with E-state index >= 15 is 9.59 Å². The molecule has 6 amide bonds. The molecule has 6 aliphatic rings. The average molecular weight is 1450 g/mol. The summed E-state index contributed by atoms with van der Waals surface area (Å²) in [6, 6.07) is 13.8. The van der Waals surface area contributed by atoms with E-state index < -0.39 is 227 Å². The maximum atomic E-state index is 15.2. The van der Waals surface area contributed by atoms with Crippen LogP contribution in [0.3, 0.4) is 0 Å². The average Bonchev–Trinajstić information content (AvgIpc) is 1.76. The Labute approximate surface area is 586 Å². The summed E-state index contributed by atoms with van der Waals surface area (Å²) in [5, 5.41) is 165. The summed E-state index contributed by atoms with van der Waals surface area (Å²) in [7, 11) is 0. The fourth-order valence-electron chi connectivity index (χ4n) is 12.8. The first-order chi connectivity index (χ1) is 49.3. The Kier molecular flexibility index (Phi) is 25.7. The minimum atomic E-state index is -2.34. The monoisotopic (exact) mass is 1450 g/mol. The highest BCUT2D eigenvalue weighted by Crippen LogP contribution is 2.32. The smallest absolute Gasteiger partial charge is 0.346 e. The third kappa shape index (κ3) is 17.8. The van der Waals surface area contributed by atoms with Gasteiger partial charge in [0.2, 0.25) is 48.0 Å². The highest BCUT2D eigenvalue weighted by molar-refractivity contribution is 5.98. The van der Waals surface area contributed by atoms with Gasteiger partial charge < -0.3 is 142 Å². The van der Waals surface area contributed by atoms with Gasteiger partial charge in [-0.05, 0) is 46.2 Å². The molecule has 38 nitrogen and oxygen atoms in total. The van der Waals surface area contributed by atoms with Gasteiger partial charge in [-0.15, -0.1) is 0 Å². The summed E-state index contributed by atoms with van der Waals surface area (Å²) in [4.78, 5) is 91.7. The van der Waals surface area contributed by atoms with Gasteiger partial charge >= 0.3 is 5.96 Å². The highest BCUT2D eigenvalue weighted by Gasteiger charge is 2.55. The van der Waals surface area contributed by atoms with Crippen molar-refractivity contribution in [3.8, 4) is 11.5 Å². The number of carbonyl (C=O) groups excluding carboxylic acids is 6. The van der Waals surface area contributed by atoms with Crippen molar-refractivity contribution in [3.05, 3.63) is 108 Å². The van der Waals surface area contributed by atoms with Crippen LogP contribution in [0, 0.1) is 0 Å². The minimum Gasteiger partial charge on any atom is -0.468 e. The van der Waals surface area contributed by atoms with Gasteiger partial charge in [0.05, 0.1) is 39.0 Å². The van der Waals surface area contributed by atoms with Crippen LogP contribution in [0.1, 0.15) is 24.0 Å². The Hall–Kier alpha value is -8.62. The standard InChI is InChI=1S/C65H86N12O26/c1-27(29-7-3-2-4-8-29)42-58(94)71-34(17-28-11-14-32(15-12-28)99-62-54(91)51(88)55(39(24-80)101-62)103-63-53(90)50(87)48(85)40(102-63)25-97-26-98-33-16-13-30-9-5-6-10-31(30)18-33)57(93)75-43(45(82)35-19-69-64(66)73-35)60(96)76-44(59(95)72-36(22-78)56(92)68-21-41(81)74-42)46(83)37-20-70-65(67)77(37)61-52(89)49(86)47(84)38(23-79)100-61/h2-16,18,27,34-40,42-55,61-63,78-80,82-91H,17,19-26H2,1H3,(H11,66,67,68,69,70,71,72,73,74,75,76,81,92,93,94,95,96)/p+1/t27-,34-,35+,36?,37+,38+,39-,40+,42+,43+,44-,45-,46-,47+,48+,49+,50+,51+,52+,53+,54-,55+,61-,62-,63+/m1/s1. The second-order valence-electron chi connectivity index (χ2n) is 25.6. The topological polar surface area (TPSA) is 594 Å². The van der Waals surface area contributed by atoms with Gasteiger partial charge in [-0.3, -0.25) is 39.8 Å². The Morgan fingerprint density at radius 3 is 1.86 bits per heavy atom. The Morgan fingerprint density at radius 1 is 0.563 bits per heavy atom. The van der Waals surface area contributed by atoms with Crippen LogP contribution in [0.4, 0.5) is 0 Å². The van der Waals surface area contributed by atoms with Crippen molar-refractivity contribution < 1.29 is 133 Å². The van der Waals surface area contributed by atoms with Crippen LogP contribution < -0.4 is 63.5 Å². The van der Waals surface area contributed by atoms with E-state index in [4.69, 9.17) is 44.6 Å². The summed E-state index contributed by atoms with van der Waals surface area (Å²) >= 11 is 0. The Morgan fingerprint density at radius 2 is 1.17 bits per heavy atom. The Bertz CT molecular complexity index is 3660. The molecule has 0 saturated carbocycles. The molecule has 562 valence electrons. The predicted molar refractivity (Wildman–Crippen MR) is 351 cm³/mol. The maximum Gasteiger partial charge on any atom is 0.346 e. The van der Waals surface area contributed by atoms with Crippen molar-refractivity contribution in [2.45, 2.75) is 166 Å². The SMILES string of the molecule is C[C@H](c1ccccc1)[C@@H]1NC(=O)CNC(=O)C(CO)NC(=O)[C@@H]([C@H](O)[C@@H]2CNC(N)=[N+]2[C@@H]2O[C@@H](CO)[C@H](O)[C@H](O)[C@@H]2O)NC(=O)[C@H]([C@H](O)[C@@H]2CNC(N)=N2)NC(=O)[C@@H](Cc2ccc(O[C@@H]3O[C@H](CO)[C@H](O[C@@H]4O[C@@H](COCOc5ccc6ccccc6c5)[C@H](O)[C@H](O)[C@@H]4O)[C@@H](O)[C@H]3O)cc2)NC1=O. The molecule has 10 rings (SSSR count). The lowest BCUT2D eigenvalue weighted by atomic mass is 9.92. The number of carbonyl (C=O) groups is 6. The summed E-state index contributed by atoms with van der Waals surface area (Å²) < 4.78 is 41.4. The van der Waals surface area contributed by atoms with E-state index in [1.54, 1.807) is 49.4 Å². The van der Waals surface area contributed by atoms with Crippen LogP contribution in [0.2, 0.25) is 0 Å². The van der Waals surface area contributed by atoms with Crippen molar-refractivity contribution in [1.82, 2.24) is 42.5 Å². The van der Waals surface area contributed by atoms with E-state index in [1.807, 2.05) is 30.3 Å². The van der Waals surface area contributed by atoms with E-state index in [0.29, 0.717) is 11.3 Å². The number of benzene rings is 4. The number of amides is 6. The fraction of sp³-hybridized carbons (Fsp3) is 0.538. The van der Waals surface area contributed by atoms with Gasteiger partial charge in [-0.25, -0.2) is 9.57 Å². The van der Waals surface area contributed by atoms with Crippen LogP contribution in [-0.4, -0.2) is 318 Å². The number of rotatable bonds is 21. The summed E-state index contributed by atoms with van der Waals surface area (Å²) in [6.45, 7) is -3.66. The zero-order chi connectivity index (χ0) is 74.1. The molecule has 25 N–H and O–H groups in total. The lowest BCUT2D eigenvalue weighted by Gasteiger charge is -2.46. The normalized spacial score (nSPS) is 34.5. The first-order valence-corrected chi connectivity index (χ1v) is 33.0. The summed E-state index contributed by atoms with van der Waals surface area (Å²) in [5.41, 5.74) is 12.9. The number of ether oxygens (including phenoxy) is 7. The van der Waals surface area contributed by atoms with Crippen LogP contribution in [0.15, 0.2) is 102 Å². The van der Waals surface area contributed by atoms with Crippen molar-refractivity contribution in [2.75, 3.05) is 52.9 Å². The van der Waals surface area contributed by atoms with Crippen LogP contribution in [0.25, 0.3) is 10.8 Å². The molecule has 4 aromatic carbocycles. The number of hydrogen-bond acceptors (Lipinski definition) is 31. The molecule has 4 fully saturated rings. The van der Waals surface area contributed by atoms with Gasteiger partial charge in [0.1, 0.15) is 140 Å². The lowest BCUT2D eigenvalue weighted by Crippen LogP contribution is -2.68. The molecule has 0 aliphatic carbocycles. The number of nitrogens with one attached hydrogen (secondary N) is 8. The molecular weight excluding hydrogens is 1360 g/mol. The number of aliphatic hydroxyl groups is 13. The number of fused-ring (bicyclic) bond motifs is 1. The summed E-state index contributed by atoms with van der Waals surface area (Å²) in [6.07, 6.45) is -31.6. The number of nitrogens with zero attached hydrogens (tertiary/aromatic N) is 2. The molecule has 0 bridgehead atoms. The van der Waals surface area contributed by atoms with Gasteiger partial charge in [0, 0.05) is 18.9 Å². The second kappa shape index (κ2) is 34.3. The molecular formula is C65H87N12O26+. The van der Waals surface area contributed by atoms with E-state index in [9.17, 15) is 85.6 Å². The van der Waals surface area contributed by atoms with Crippen molar-refractivity contribution in [2.24, 2.45) is 16.5 Å². The molecule has 0 spiro atoms. The van der Waals surface area contributed by atoms with Gasteiger partial charge in [0.25, 0.3) is 0 Å². The molecule has 4 saturated heterocycles. The summed E-state index contributed by atoms with van der Waals surface area (Å²) in [5.74, 6) is -8.38. The fourth-order valence-corrected chi connectivity index (χ4v) is 12.8. The van der Waals surface area contributed by atoms with E-state index in [1.165, 1.54) is 24.3 Å². The molecule has 0 aromatic heterocycles.